The summed E-state index contributed by atoms with van der Waals surface area (Å²) >= 11 is 14.4. The number of allylic oxidation sites excluding steroid dienone is 2. The van der Waals surface area contributed by atoms with Crippen molar-refractivity contribution in [1.29, 1.82) is 0 Å². The summed E-state index contributed by atoms with van der Waals surface area (Å²) in [5, 5.41) is 21.8. The Balaban J connectivity index is 1.36. The number of carboxylic acids is 1. The molecule has 270 valence electrons. The summed E-state index contributed by atoms with van der Waals surface area (Å²) < 4.78 is 73.9. The molecule has 16 heteroatoms. The van der Waals surface area contributed by atoms with E-state index < -0.39 is 110 Å². The summed E-state index contributed by atoms with van der Waals surface area (Å²) in [5.74, 6) is -24.5. The van der Waals surface area contributed by atoms with Gasteiger partial charge < -0.3 is 10.2 Å². The molecule has 0 aromatic heterocycles. The zero-order valence-electron chi connectivity index (χ0n) is 26.6. The summed E-state index contributed by atoms with van der Waals surface area (Å²) in [5.41, 5.74) is -2.16. The van der Waals surface area contributed by atoms with E-state index in [4.69, 9.17) is 23.2 Å². The van der Waals surface area contributed by atoms with E-state index in [9.17, 15) is 47.4 Å². The standard InChI is InChI=1S/C37H21Cl2F5N2O7/c38-36-13-20-18(9-10-19-22(20)32(49)45(31(19)48)16-6-3-5-15(12-16)33(50)51)24(23-17-7-2-1-4-14(17)8-11-21(23)47)37(36,39)35(53)46(34(36)52)30-28(43)26(41)25(40)27(42)29(30)44/h1-9,11-12,19-20,22,24,47H,10,13H2,(H,50,51). The van der Waals surface area contributed by atoms with Gasteiger partial charge in [0.05, 0.1) is 23.1 Å². The second-order valence-electron chi connectivity index (χ2n) is 13.3. The van der Waals surface area contributed by atoms with Crippen molar-refractivity contribution in [2.45, 2.75) is 28.5 Å². The number of fused-ring (bicyclic) bond motifs is 5. The van der Waals surface area contributed by atoms with Crippen molar-refractivity contribution in [3.8, 4) is 5.75 Å². The van der Waals surface area contributed by atoms with E-state index in [0.29, 0.717) is 5.39 Å². The Hall–Kier alpha value is -5.34. The number of nitrogens with zero attached hydrogens (tertiary/aromatic N) is 2. The molecule has 4 aliphatic rings. The fraction of sp³-hybridized carbons (Fsp3) is 0.216. The van der Waals surface area contributed by atoms with Crippen LogP contribution in [0.2, 0.25) is 0 Å². The van der Waals surface area contributed by atoms with Crippen LogP contribution in [0.25, 0.3) is 10.8 Å². The number of phenolic OH excluding ortho intramolecular Hbond substituents is 1. The van der Waals surface area contributed by atoms with Gasteiger partial charge in [0.2, 0.25) is 17.6 Å². The lowest BCUT2D eigenvalue weighted by Gasteiger charge is -2.51. The molecule has 2 N–H and O–H groups in total. The molecule has 3 fully saturated rings. The van der Waals surface area contributed by atoms with Gasteiger partial charge in [-0.05, 0) is 53.8 Å². The fourth-order valence-corrected chi connectivity index (χ4v) is 9.42. The first-order valence-corrected chi connectivity index (χ1v) is 16.7. The van der Waals surface area contributed by atoms with Crippen LogP contribution in [0.15, 0.2) is 72.3 Å². The van der Waals surface area contributed by atoms with E-state index in [1.54, 1.807) is 24.3 Å². The molecular weight excluding hydrogens is 750 g/mol. The second-order valence-corrected chi connectivity index (χ2v) is 14.5. The molecule has 6 unspecified atom stereocenters. The molecule has 0 radical (unpaired) electrons. The highest BCUT2D eigenvalue weighted by Crippen LogP contribution is 2.67. The van der Waals surface area contributed by atoms with Crippen LogP contribution in [0.5, 0.6) is 5.75 Å². The number of hydrogen-bond donors (Lipinski definition) is 2. The number of anilines is 2. The van der Waals surface area contributed by atoms with Crippen LogP contribution in [0, 0.1) is 46.8 Å². The van der Waals surface area contributed by atoms with Crippen LogP contribution >= 0.6 is 23.2 Å². The number of phenols is 1. The molecule has 4 amide bonds. The third-order valence-electron chi connectivity index (χ3n) is 10.8. The topological polar surface area (TPSA) is 132 Å². The molecule has 0 bridgehead atoms. The number of benzene rings is 4. The lowest BCUT2D eigenvalue weighted by molar-refractivity contribution is -0.125. The smallest absolute Gasteiger partial charge is 0.335 e. The highest BCUT2D eigenvalue weighted by Gasteiger charge is 2.77. The van der Waals surface area contributed by atoms with Crippen molar-refractivity contribution < 1.29 is 56.1 Å². The van der Waals surface area contributed by atoms with Crippen LogP contribution in [-0.2, 0) is 19.2 Å². The molecule has 9 nitrogen and oxygen atoms in total. The summed E-state index contributed by atoms with van der Waals surface area (Å²) in [6.45, 7) is 0. The molecule has 2 heterocycles. The number of halogens is 7. The minimum atomic E-state index is -2.83. The Kier molecular flexibility index (Phi) is 7.59. The monoisotopic (exact) mass is 770 g/mol. The summed E-state index contributed by atoms with van der Waals surface area (Å²) in [7, 11) is 0. The predicted molar refractivity (Wildman–Crippen MR) is 178 cm³/mol. The second kappa shape index (κ2) is 11.6. The highest BCUT2D eigenvalue weighted by atomic mass is 35.5. The Morgan fingerprint density at radius 1 is 0.774 bits per heavy atom. The zero-order valence-corrected chi connectivity index (χ0v) is 28.1. The number of aromatic hydroxyl groups is 1. The third kappa shape index (κ3) is 4.39. The Morgan fingerprint density at radius 3 is 2.11 bits per heavy atom. The van der Waals surface area contributed by atoms with Gasteiger partial charge in [-0.3, -0.25) is 24.1 Å². The lowest BCUT2D eigenvalue weighted by Crippen LogP contribution is -2.60. The number of carbonyl (C=O) groups excluding carboxylic acids is 4. The summed E-state index contributed by atoms with van der Waals surface area (Å²) in [4.78, 5) is 63.9. The summed E-state index contributed by atoms with van der Waals surface area (Å²) in [6, 6.07) is 14.3. The minimum absolute atomic E-state index is 0.0632. The van der Waals surface area contributed by atoms with Crippen molar-refractivity contribution in [2.75, 3.05) is 9.80 Å². The van der Waals surface area contributed by atoms with E-state index in [2.05, 4.69) is 0 Å². The number of carboxylic acid groups (broad SMARTS) is 1. The van der Waals surface area contributed by atoms with Crippen LogP contribution in [0.1, 0.15) is 34.7 Å². The molecular formula is C37H21Cl2F5N2O7. The van der Waals surface area contributed by atoms with Crippen LogP contribution in [0.3, 0.4) is 0 Å². The molecule has 53 heavy (non-hydrogen) atoms. The van der Waals surface area contributed by atoms with E-state index in [0.717, 1.165) is 11.0 Å². The van der Waals surface area contributed by atoms with Gasteiger partial charge in [0.15, 0.2) is 33.0 Å². The molecule has 4 aromatic carbocycles. The minimum Gasteiger partial charge on any atom is -0.508 e. The van der Waals surface area contributed by atoms with Gasteiger partial charge in [0, 0.05) is 11.5 Å². The number of amides is 4. The molecule has 8 rings (SSSR count). The predicted octanol–water partition coefficient (Wildman–Crippen LogP) is 6.71. The van der Waals surface area contributed by atoms with Crippen molar-refractivity contribution in [1.82, 2.24) is 0 Å². The first-order valence-electron chi connectivity index (χ1n) is 16.0. The Morgan fingerprint density at radius 2 is 1.43 bits per heavy atom. The van der Waals surface area contributed by atoms with Gasteiger partial charge in [-0.1, -0.05) is 48.0 Å². The number of alkyl halides is 2. The zero-order chi connectivity index (χ0) is 38.0. The molecule has 6 atom stereocenters. The van der Waals surface area contributed by atoms with Crippen molar-refractivity contribution in [2.24, 2.45) is 17.8 Å². The molecule has 2 aliphatic heterocycles. The quantitative estimate of drug-likeness (QED) is 0.0589. The highest BCUT2D eigenvalue weighted by molar-refractivity contribution is 6.58. The van der Waals surface area contributed by atoms with Crippen LogP contribution in [-0.4, -0.2) is 49.6 Å². The molecule has 4 aromatic rings. The first kappa shape index (κ1) is 34.7. The third-order valence-corrected chi connectivity index (χ3v) is 12.2. The van der Waals surface area contributed by atoms with Gasteiger partial charge >= 0.3 is 5.97 Å². The summed E-state index contributed by atoms with van der Waals surface area (Å²) in [6.07, 6.45) is 0.606. The van der Waals surface area contributed by atoms with Gasteiger partial charge in [-0.25, -0.2) is 31.6 Å². The Labute approximate surface area is 304 Å². The van der Waals surface area contributed by atoms with Gasteiger partial charge in [-0.15, -0.1) is 23.2 Å². The number of carbonyl (C=O) groups is 5. The van der Waals surface area contributed by atoms with Gasteiger partial charge in [0.25, 0.3) is 11.8 Å². The van der Waals surface area contributed by atoms with Gasteiger partial charge in [-0.2, -0.15) is 0 Å². The van der Waals surface area contributed by atoms with Crippen molar-refractivity contribution >= 4 is 74.9 Å². The SMILES string of the molecule is O=C(O)c1cccc(N2C(=O)C3CC=C4C(CC5(Cl)C(=O)N(c6c(F)c(F)c(F)c(F)c6F)C(=O)C5(Cl)C4c4c(O)ccc5ccccc45)C3C2=O)c1. The number of aromatic carboxylic acids is 1. The largest absolute Gasteiger partial charge is 0.508 e. The number of hydrogen-bond acceptors (Lipinski definition) is 6. The Bertz CT molecular complexity index is 2410. The van der Waals surface area contributed by atoms with Crippen molar-refractivity contribution in [3.05, 3.63) is 113 Å². The molecule has 2 saturated heterocycles. The van der Waals surface area contributed by atoms with Gasteiger partial charge in [0.1, 0.15) is 11.4 Å². The number of imide groups is 2. The van der Waals surface area contributed by atoms with E-state index in [-0.39, 0.29) is 39.1 Å². The van der Waals surface area contributed by atoms with E-state index >= 15 is 8.78 Å². The molecule has 2 aliphatic carbocycles. The van der Waals surface area contributed by atoms with Crippen LogP contribution in [0.4, 0.5) is 33.3 Å². The van der Waals surface area contributed by atoms with E-state index in [1.807, 2.05) is 0 Å². The first-order chi connectivity index (χ1) is 25.1. The maximum absolute atomic E-state index is 15.3. The van der Waals surface area contributed by atoms with Crippen LogP contribution < -0.4 is 9.80 Å². The molecule has 0 spiro atoms. The van der Waals surface area contributed by atoms with E-state index in [1.165, 1.54) is 36.4 Å². The lowest BCUT2D eigenvalue weighted by atomic mass is 9.56. The van der Waals surface area contributed by atoms with Crippen molar-refractivity contribution in [3.63, 3.8) is 0 Å². The normalized spacial score (nSPS) is 27.9. The average Bonchev–Trinajstić information content (AvgIpc) is 3.48. The fourth-order valence-electron chi connectivity index (χ4n) is 8.50. The number of rotatable bonds is 4. The maximum atomic E-state index is 15.3. The molecule has 1 saturated carbocycles. The average molecular weight is 771 g/mol. The maximum Gasteiger partial charge on any atom is 0.335 e.